The normalized spacial score (nSPS) is 19.1. The van der Waals surface area contributed by atoms with Gasteiger partial charge in [0, 0.05) is 18.2 Å². The number of halogens is 2. The van der Waals surface area contributed by atoms with Crippen molar-refractivity contribution in [1.82, 2.24) is 4.98 Å². The first-order valence-electron chi connectivity index (χ1n) is 5.31. The van der Waals surface area contributed by atoms with Crippen LogP contribution in [0, 0.1) is 11.6 Å². The van der Waals surface area contributed by atoms with Crippen LogP contribution in [0.25, 0.3) is 0 Å². The van der Waals surface area contributed by atoms with Gasteiger partial charge in [0.1, 0.15) is 0 Å². The highest BCUT2D eigenvalue weighted by Gasteiger charge is 2.34. The van der Waals surface area contributed by atoms with Gasteiger partial charge in [0.2, 0.25) is 0 Å². The average Bonchev–Trinajstić information content (AvgIpc) is 2.52. The average molecular weight is 227 g/mol. The number of nitrogens with two attached hydrogens (primary N) is 1. The zero-order valence-corrected chi connectivity index (χ0v) is 9.43. The molecule has 0 radical (unpaired) electrons. The number of aromatic nitrogens is 1. The van der Waals surface area contributed by atoms with Crippen LogP contribution >= 0.6 is 0 Å². The smallest absolute Gasteiger partial charge is 0.168 e. The first-order chi connectivity index (χ1) is 7.42. The summed E-state index contributed by atoms with van der Waals surface area (Å²) < 4.78 is 26.6. The minimum atomic E-state index is -0.807. The lowest BCUT2D eigenvalue weighted by Gasteiger charge is -2.32. The molecule has 2 heterocycles. The SMILES string of the molecule is CC1(C)CCCN1c1nc(N)c(F)cc1F. The molecule has 1 aromatic heterocycles. The van der Waals surface area contributed by atoms with E-state index >= 15 is 0 Å². The highest BCUT2D eigenvalue weighted by Crippen LogP contribution is 2.34. The molecule has 2 rings (SSSR count). The molecule has 0 aromatic carbocycles. The van der Waals surface area contributed by atoms with Gasteiger partial charge in [0.15, 0.2) is 23.3 Å². The monoisotopic (exact) mass is 227 g/mol. The van der Waals surface area contributed by atoms with Crippen molar-refractivity contribution in [2.24, 2.45) is 0 Å². The molecule has 0 aliphatic carbocycles. The van der Waals surface area contributed by atoms with Crippen molar-refractivity contribution in [3.63, 3.8) is 0 Å². The number of anilines is 2. The zero-order valence-electron chi connectivity index (χ0n) is 9.43. The number of nitrogens with zero attached hydrogens (tertiary/aromatic N) is 2. The minimum absolute atomic E-state index is 0.154. The molecule has 88 valence electrons. The van der Waals surface area contributed by atoms with Gasteiger partial charge in [-0.15, -0.1) is 0 Å². The van der Waals surface area contributed by atoms with Crippen LogP contribution in [0.3, 0.4) is 0 Å². The Morgan fingerprint density at radius 2 is 2.06 bits per heavy atom. The Bertz CT molecular complexity index is 418. The molecule has 16 heavy (non-hydrogen) atoms. The summed E-state index contributed by atoms with van der Waals surface area (Å²) in [5, 5.41) is 0. The van der Waals surface area contributed by atoms with Crippen LogP contribution in [0.5, 0.6) is 0 Å². The molecule has 0 spiro atoms. The van der Waals surface area contributed by atoms with Gasteiger partial charge < -0.3 is 10.6 Å². The summed E-state index contributed by atoms with van der Waals surface area (Å²) in [6.45, 7) is 4.75. The number of pyridine rings is 1. The Morgan fingerprint density at radius 1 is 1.38 bits per heavy atom. The van der Waals surface area contributed by atoms with Gasteiger partial charge in [-0.05, 0) is 26.7 Å². The topological polar surface area (TPSA) is 42.2 Å². The lowest BCUT2D eigenvalue weighted by Crippen LogP contribution is -2.39. The maximum absolute atomic E-state index is 13.6. The van der Waals surface area contributed by atoms with Crippen molar-refractivity contribution >= 4 is 11.6 Å². The van der Waals surface area contributed by atoms with Gasteiger partial charge in [-0.2, -0.15) is 0 Å². The van der Waals surface area contributed by atoms with Gasteiger partial charge in [0.05, 0.1) is 0 Å². The summed E-state index contributed by atoms with van der Waals surface area (Å²) in [6.07, 6.45) is 1.94. The molecule has 3 nitrogen and oxygen atoms in total. The molecule has 2 N–H and O–H groups in total. The Balaban J connectivity index is 2.44. The summed E-state index contributed by atoms with van der Waals surface area (Å²) in [5.74, 6) is -1.56. The van der Waals surface area contributed by atoms with Gasteiger partial charge in [-0.1, -0.05) is 0 Å². The second-order valence-electron chi connectivity index (χ2n) is 4.73. The fourth-order valence-electron chi connectivity index (χ4n) is 2.16. The predicted octanol–water partition coefficient (Wildman–Crippen LogP) is 2.32. The van der Waals surface area contributed by atoms with Crippen LogP contribution in [0.2, 0.25) is 0 Å². The fourth-order valence-corrected chi connectivity index (χ4v) is 2.16. The quantitative estimate of drug-likeness (QED) is 0.800. The van der Waals surface area contributed by atoms with E-state index in [1.54, 1.807) is 0 Å². The van der Waals surface area contributed by atoms with E-state index in [4.69, 9.17) is 5.73 Å². The Kier molecular flexibility index (Phi) is 2.48. The van der Waals surface area contributed by atoms with E-state index in [-0.39, 0.29) is 17.2 Å². The highest BCUT2D eigenvalue weighted by molar-refractivity contribution is 5.49. The van der Waals surface area contributed by atoms with Crippen molar-refractivity contribution in [2.45, 2.75) is 32.2 Å². The van der Waals surface area contributed by atoms with Crippen LogP contribution in [0.15, 0.2) is 6.07 Å². The molecule has 1 aromatic rings. The molecule has 1 saturated heterocycles. The second-order valence-corrected chi connectivity index (χ2v) is 4.73. The van der Waals surface area contributed by atoms with Gasteiger partial charge in [-0.3, -0.25) is 0 Å². The Hall–Kier alpha value is -1.39. The molecule has 1 fully saturated rings. The van der Waals surface area contributed by atoms with Gasteiger partial charge in [0.25, 0.3) is 0 Å². The van der Waals surface area contributed by atoms with Crippen molar-refractivity contribution in [3.05, 3.63) is 17.7 Å². The van der Waals surface area contributed by atoms with Crippen LogP contribution < -0.4 is 10.6 Å². The van der Waals surface area contributed by atoms with Crippen molar-refractivity contribution < 1.29 is 8.78 Å². The summed E-state index contributed by atoms with van der Waals surface area (Å²) >= 11 is 0. The van der Waals surface area contributed by atoms with Crippen LogP contribution in [0.1, 0.15) is 26.7 Å². The Labute approximate surface area is 93.3 Å². The largest absolute Gasteiger partial charge is 0.381 e. The number of hydrogen-bond acceptors (Lipinski definition) is 3. The second kappa shape index (κ2) is 3.57. The lowest BCUT2D eigenvalue weighted by atomic mass is 10.0. The third kappa shape index (κ3) is 1.70. The molecule has 0 saturated carbocycles. The maximum atomic E-state index is 13.6. The first kappa shape index (κ1) is 11.1. The third-order valence-electron chi connectivity index (χ3n) is 3.09. The number of nitrogen functional groups attached to an aromatic ring is 1. The third-order valence-corrected chi connectivity index (χ3v) is 3.09. The summed E-state index contributed by atoms with van der Waals surface area (Å²) in [4.78, 5) is 5.65. The molecular formula is C11H15F2N3. The molecule has 0 amide bonds. The molecule has 1 aliphatic rings. The fraction of sp³-hybridized carbons (Fsp3) is 0.545. The molecule has 0 atom stereocenters. The van der Waals surface area contributed by atoms with E-state index < -0.39 is 11.6 Å². The molecule has 0 bridgehead atoms. The predicted molar refractivity (Wildman–Crippen MR) is 59.2 cm³/mol. The number of hydrogen-bond donors (Lipinski definition) is 1. The Morgan fingerprint density at radius 3 is 2.62 bits per heavy atom. The zero-order chi connectivity index (χ0) is 11.9. The molecule has 1 aliphatic heterocycles. The number of rotatable bonds is 1. The minimum Gasteiger partial charge on any atom is -0.381 e. The van der Waals surface area contributed by atoms with E-state index in [9.17, 15) is 8.78 Å². The molecule has 0 unspecified atom stereocenters. The summed E-state index contributed by atoms with van der Waals surface area (Å²) in [7, 11) is 0. The first-order valence-corrected chi connectivity index (χ1v) is 5.31. The molecular weight excluding hydrogens is 212 g/mol. The van der Waals surface area contributed by atoms with Gasteiger partial charge in [-0.25, -0.2) is 13.8 Å². The van der Waals surface area contributed by atoms with Crippen molar-refractivity contribution in [3.8, 4) is 0 Å². The van der Waals surface area contributed by atoms with E-state index in [1.807, 2.05) is 18.7 Å². The van der Waals surface area contributed by atoms with Crippen LogP contribution in [-0.4, -0.2) is 17.1 Å². The van der Waals surface area contributed by atoms with Crippen LogP contribution in [-0.2, 0) is 0 Å². The van der Waals surface area contributed by atoms with Gasteiger partial charge >= 0.3 is 0 Å². The molecule has 5 heteroatoms. The van der Waals surface area contributed by atoms with Crippen LogP contribution in [0.4, 0.5) is 20.4 Å². The van der Waals surface area contributed by atoms with E-state index in [0.29, 0.717) is 0 Å². The van der Waals surface area contributed by atoms with E-state index in [0.717, 1.165) is 25.5 Å². The van der Waals surface area contributed by atoms with E-state index in [1.165, 1.54) is 0 Å². The highest BCUT2D eigenvalue weighted by atomic mass is 19.1. The summed E-state index contributed by atoms with van der Waals surface area (Å²) in [5.41, 5.74) is 5.21. The lowest BCUT2D eigenvalue weighted by molar-refractivity contribution is 0.497. The maximum Gasteiger partial charge on any atom is 0.168 e. The van der Waals surface area contributed by atoms with Crippen molar-refractivity contribution in [1.29, 1.82) is 0 Å². The van der Waals surface area contributed by atoms with E-state index in [2.05, 4.69) is 4.98 Å². The summed E-state index contributed by atoms with van der Waals surface area (Å²) in [6, 6.07) is 0.798. The standard InChI is InChI=1S/C11H15F2N3/c1-11(2)4-3-5-16(11)10-8(13)6-7(12)9(14)15-10/h6H,3-5H2,1-2H3,(H2,14,15). The van der Waals surface area contributed by atoms with Crippen molar-refractivity contribution in [2.75, 3.05) is 17.2 Å².